The average Bonchev–Trinajstić information content (AvgIpc) is 2.78. The van der Waals surface area contributed by atoms with E-state index >= 15 is 0 Å². The molecule has 2 rings (SSSR count). The van der Waals surface area contributed by atoms with Crippen molar-refractivity contribution in [3.05, 3.63) is 16.1 Å². The summed E-state index contributed by atoms with van der Waals surface area (Å²) in [6.45, 7) is 4.49. The molecule has 2 heterocycles. The van der Waals surface area contributed by atoms with Gasteiger partial charge in [-0.1, -0.05) is 0 Å². The minimum absolute atomic E-state index is 0.540. The van der Waals surface area contributed by atoms with E-state index in [-0.39, 0.29) is 0 Å². The van der Waals surface area contributed by atoms with Gasteiger partial charge in [0.1, 0.15) is 0 Å². The molecule has 2 atom stereocenters. The van der Waals surface area contributed by atoms with Crippen molar-refractivity contribution in [2.75, 3.05) is 20.1 Å². The molecular formula is C12H21N3S. The van der Waals surface area contributed by atoms with Crippen molar-refractivity contribution in [3.63, 3.8) is 0 Å². The van der Waals surface area contributed by atoms with Crippen molar-refractivity contribution in [1.82, 2.24) is 15.6 Å². The van der Waals surface area contributed by atoms with E-state index in [2.05, 4.69) is 28.7 Å². The molecule has 2 unspecified atom stereocenters. The molecule has 3 nitrogen and oxygen atoms in total. The van der Waals surface area contributed by atoms with Crippen molar-refractivity contribution in [2.45, 2.75) is 38.1 Å². The zero-order valence-electron chi connectivity index (χ0n) is 10.1. The van der Waals surface area contributed by atoms with Gasteiger partial charge in [-0.25, -0.2) is 4.98 Å². The van der Waals surface area contributed by atoms with Gasteiger partial charge >= 0.3 is 0 Å². The van der Waals surface area contributed by atoms with Crippen molar-refractivity contribution in [3.8, 4) is 0 Å². The molecule has 1 fully saturated rings. The Labute approximate surface area is 102 Å². The van der Waals surface area contributed by atoms with Crippen LogP contribution in [-0.4, -0.2) is 31.2 Å². The molecule has 2 N–H and O–H groups in total. The predicted octanol–water partition coefficient (Wildman–Crippen LogP) is 1.76. The fraction of sp³-hybridized carbons (Fsp3) is 0.750. The third kappa shape index (κ3) is 3.03. The van der Waals surface area contributed by atoms with Crippen LogP contribution in [0.2, 0.25) is 0 Å². The van der Waals surface area contributed by atoms with E-state index in [4.69, 9.17) is 0 Å². The monoisotopic (exact) mass is 239 g/mol. The van der Waals surface area contributed by atoms with Gasteiger partial charge in [-0.3, -0.25) is 0 Å². The molecule has 0 spiro atoms. The minimum atomic E-state index is 0.540. The van der Waals surface area contributed by atoms with Crippen LogP contribution < -0.4 is 10.6 Å². The van der Waals surface area contributed by atoms with Crippen molar-refractivity contribution in [1.29, 1.82) is 0 Å². The summed E-state index contributed by atoms with van der Waals surface area (Å²) in [5.41, 5.74) is 0. The second kappa shape index (κ2) is 5.75. The molecule has 0 bridgehead atoms. The summed E-state index contributed by atoms with van der Waals surface area (Å²) in [7, 11) is 2.01. The number of piperidine rings is 1. The number of likely N-dealkylation sites (N-methyl/N-ethyl adjacent to an activating group) is 1. The maximum Gasteiger partial charge on any atom is 0.0971 e. The lowest BCUT2D eigenvalue weighted by atomic mass is 10.0. The Morgan fingerprint density at radius 2 is 2.56 bits per heavy atom. The average molecular weight is 239 g/mol. The highest BCUT2D eigenvalue weighted by atomic mass is 32.1. The number of hydrogen-bond donors (Lipinski definition) is 2. The largest absolute Gasteiger partial charge is 0.317 e. The number of nitrogens with zero attached hydrogens (tertiary/aromatic N) is 1. The summed E-state index contributed by atoms with van der Waals surface area (Å²) in [5.74, 6) is 0.650. The Morgan fingerprint density at radius 3 is 3.25 bits per heavy atom. The van der Waals surface area contributed by atoms with Gasteiger partial charge in [0.25, 0.3) is 0 Å². The van der Waals surface area contributed by atoms with Gasteiger partial charge in [0.2, 0.25) is 0 Å². The van der Waals surface area contributed by atoms with Crippen LogP contribution in [0.4, 0.5) is 0 Å². The molecule has 1 aliphatic heterocycles. The molecule has 0 aliphatic carbocycles. The molecular weight excluding hydrogens is 218 g/mol. The minimum Gasteiger partial charge on any atom is -0.317 e. The van der Waals surface area contributed by atoms with Crippen LogP contribution in [0, 0.1) is 0 Å². The summed E-state index contributed by atoms with van der Waals surface area (Å²) in [4.78, 5) is 5.98. The SMILES string of the molecule is CNC(C)Cc1cnc(C2CCCNC2)s1. The van der Waals surface area contributed by atoms with Crippen molar-refractivity contribution >= 4 is 11.3 Å². The predicted molar refractivity (Wildman–Crippen MR) is 69.2 cm³/mol. The zero-order chi connectivity index (χ0) is 11.4. The Morgan fingerprint density at radius 1 is 1.69 bits per heavy atom. The van der Waals surface area contributed by atoms with Gasteiger partial charge in [0.15, 0.2) is 0 Å². The Hall–Kier alpha value is -0.450. The first-order valence-electron chi connectivity index (χ1n) is 6.12. The van der Waals surface area contributed by atoms with E-state index in [1.54, 1.807) is 0 Å². The van der Waals surface area contributed by atoms with Gasteiger partial charge in [-0.15, -0.1) is 11.3 Å². The summed E-state index contributed by atoms with van der Waals surface area (Å²) >= 11 is 1.89. The summed E-state index contributed by atoms with van der Waals surface area (Å²) in [6.07, 6.45) is 5.73. The fourth-order valence-corrected chi connectivity index (χ4v) is 3.25. The molecule has 1 saturated heterocycles. The molecule has 1 aliphatic rings. The lowest BCUT2D eigenvalue weighted by molar-refractivity contribution is 0.460. The maximum absolute atomic E-state index is 4.58. The van der Waals surface area contributed by atoms with Gasteiger partial charge in [-0.05, 0) is 39.8 Å². The van der Waals surface area contributed by atoms with Gasteiger partial charge in [0.05, 0.1) is 5.01 Å². The second-order valence-corrected chi connectivity index (χ2v) is 5.75. The van der Waals surface area contributed by atoms with E-state index in [0.29, 0.717) is 12.0 Å². The van der Waals surface area contributed by atoms with Crippen LogP contribution >= 0.6 is 11.3 Å². The lowest BCUT2D eigenvalue weighted by Crippen LogP contribution is -2.28. The zero-order valence-corrected chi connectivity index (χ0v) is 10.9. The van der Waals surface area contributed by atoms with E-state index in [9.17, 15) is 0 Å². The fourth-order valence-electron chi connectivity index (χ4n) is 2.07. The summed E-state index contributed by atoms with van der Waals surface area (Å²) in [6, 6.07) is 0.540. The molecule has 0 amide bonds. The Kier molecular flexibility index (Phi) is 4.32. The van der Waals surface area contributed by atoms with Crippen LogP contribution in [0.15, 0.2) is 6.20 Å². The molecule has 4 heteroatoms. The number of hydrogen-bond acceptors (Lipinski definition) is 4. The van der Waals surface area contributed by atoms with Gasteiger partial charge < -0.3 is 10.6 Å². The van der Waals surface area contributed by atoms with E-state index < -0.39 is 0 Å². The number of aromatic nitrogens is 1. The smallest absolute Gasteiger partial charge is 0.0971 e. The molecule has 0 aromatic carbocycles. The molecule has 16 heavy (non-hydrogen) atoms. The van der Waals surface area contributed by atoms with Gasteiger partial charge in [-0.2, -0.15) is 0 Å². The van der Waals surface area contributed by atoms with Crippen LogP contribution in [0.25, 0.3) is 0 Å². The van der Waals surface area contributed by atoms with Gasteiger partial charge in [0, 0.05) is 29.6 Å². The normalized spacial score (nSPS) is 23.2. The Balaban J connectivity index is 1.95. The lowest BCUT2D eigenvalue weighted by Gasteiger charge is -2.20. The highest BCUT2D eigenvalue weighted by molar-refractivity contribution is 7.11. The molecule has 1 aromatic heterocycles. The van der Waals surface area contributed by atoms with Crippen LogP contribution in [0.1, 0.15) is 35.6 Å². The first kappa shape index (κ1) is 12.0. The molecule has 1 aromatic rings. The van der Waals surface area contributed by atoms with E-state index in [0.717, 1.165) is 13.0 Å². The van der Waals surface area contributed by atoms with E-state index in [1.165, 1.54) is 29.3 Å². The van der Waals surface area contributed by atoms with E-state index in [1.807, 2.05) is 18.4 Å². The van der Waals surface area contributed by atoms with Crippen LogP contribution in [0.5, 0.6) is 0 Å². The number of thiazole rings is 1. The maximum atomic E-state index is 4.58. The van der Waals surface area contributed by atoms with Crippen molar-refractivity contribution in [2.24, 2.45) is 0 Å². The summed E-state index contributed by atoms with van der Waals surface area (Å²) in [5, 5.41) is 8.04. The highest BCUT2D eigenvalue weighted by Crippen LogP contribution is 2.27. The third-order valence-electron chi connectivity index (χ3n) is 3.22. The topological polar surface area (TPSA) is 37.0 Å². The number of rotatable bonds is 4. The summed E-state index contributed by atoms with van der Waals surface area (Å²) < 4.78 is 0. The third-order valence-corrected chi connectivity index (χ3v) is 4.40. The molecule has 0 saturated carbocycles. The van der Waals surface area contributed by atoms with Crippen LogP contribution in [-0.2, 0) is 6.42 Å². The molecule has 90 valence electrons. The first-order chi connectivity index (χ1) is 7.79. The highest BCUT2D eigenvalue weighted by Gasteiger charge is 2.18. The quantitative estimate of drug-likeness (QED) is 0.840. The second-order valence-electron chi connectivity index (χ2n) is 4.60. The first-order valence-corrected chi connectivity index (χ1v) is 6.94. The Bertz CT molecular complexity index is 318. The standard InChI is InChI=1S/C12H21N3S/c1-9(13-2)6-11-8-15-12(16-11)10-4-3-5-14-7-10/h8-10,13-14H,3-7H2,1-2H3. The number of nitrogens with one attached hydrogen (secondary N) is 2. The van der Waals surface area contributed by atoms with Crippen molar-refractivity contribution < 1.29 is 0 Å². The van der Waals surface area contributed by atoms with Crippen LogP contribution in [0.3, 0.4) is 0 Å². The molecule has 0 radical (unpaired) electrons.